The predicted octanol–water partition coefficient (Wildman–Crippen LogP) is 7.07. The third-order valence-corrected chi connectivity index (χ3v) is 4.70. The molecular formula is C22H18BrO3P. The van der Waals surface area contributed by atoms with Crippen LogP contribution >= 0.6 is 21.8 Å². The minimum atomic E-state index is -3.68. The summed E-state index contributed by atoms with van der Waals surface area (Å²) in [5.74, 6) is 0.399. The van der Waals surface area contributed by atoms with Gasteiger partial charge in [-0.05, 0) is 22.6 Å². The number of hydrogen-bond acceptors (Lipinski definition) is 2. The van der Waals surface area contributed by atoms with E-state index in [0.717, 1.165) is 10.8 Å². The fraction of sp³-hybridized carbons (Fsp3) is 0. The lowest BCUT2D eigenvalue weighted by atomic mass is 10.1. The third-order valence-electron chi connectivity index (χ3n) is 3.84. The molecule has 1 N–H and O–H groups in total. The Morgan fingerprint density at radius 3 is 1.70 bits per heavy atom. The van der Waals surface area contributed by atoms with Gasteiger partial charge in [0.2, 0.25) is 0 Å². The third kappa shape index (κ3) is 5.80. The summed E-state index contributed by atoms with van der Waals surface area (Å²) in [6.07, 6.45) is -3.68. The fourth-order valence-corrected chi connectivity index (χ4v) is 3.53. The highest BCUT2D eigenvalue weighted by Crippen LogP contribution is 2.51. The Bertz CT molecular complexity index is 1000. The summed E-state index contributed by atoms with van der Waals surface area (Å²) < 4.78 is 16.0. The average Bonchev–Trinajstić information content (AvgIpc) is 2.69. The van der Waals surface area contributed by atoms with Gasteiger partial charge in [-0.25, -0.2) is 4.57 Å². The molecule has 0 bridgehead atoms. The van der Waals surface area contributed by atoms with E-state index in [4.69, 9.17) is 9.42 Å². The molecule has 5 heteroatoms. The van der Waals surface area contributed by atoms with E-state index < -0.39 is 6.30 Å². The Balaban J connectivity index is 0.000000159. The average molecular weight is 441 g/mol. The molecule has 1 atom stereocenters. The van der Waals surface area contributed by atoms with Gasteiger partial charge in [0, 0.05) is 5.39 Å². The van der Waals surface area contributed by atoms with Crippen molar-refractivity contribution in [1.29, 1.82) is 0 Å². The highest BCUT2D eigenvalue weighted by atomic mass is 79.9. The van der Waals surface area contributed by atoms with Crippen LogP contribution in [0.1, 0.15) is 0 Å². The van der Waals surface area contributed by atoms with Crippen molar-refractivity contribution in [3.05, 3.63) is 103 Å². The van der Waals surface area contributed by atoms with Crippen molar-refractivity contribution in [1.82, 2.24) is 0 Å². The zero-order chi connectivity index (χ0) is 19.1. The second-order valence-electron chi connectivity index (χ2n) is 5.75. The van der Waals surface area contributed by atoms with Crippen LogP contribution in [0.4, 0.5) is 0 Å². The maximum Gasteiger partial charge on any atom is 0.444 e. The Labute approximate surface area is 166 Å². The van der Waals surface area contributed by atoms with E-state index in [1.54, 1.807) is 12.1 Å². The molecule has 0 radical (unpaired) electrons. The Morgan fingerprint density at radius 1 is 0.667 bits per heavy atom. The summed E-state index contributed by atoms with van der Waals surface area (Å²) in [6.45, 7) is 0. The summed E-state index contributed by atoms with van der Waals surface area (Å²) in [4.78, 5) is 9.08. The van der Waals surface area contributed by atoms with E-state index in [1.807, 2.05) is 42.5 Å². The highest BCUT2D eigenvalue weighted by Gasteiger charge is 2.16. The maximum absolute atomic E-state index is 11.1. The smallest absolute Gasteiger partial charge is 0.416 e. The predicted molar refractivity (Wildman–Crippen MR) is 115 cm³/mol. The van der Waals surface area contributed by atoms with E-state index in [2.05, 4.69) is 64.0 Å². The zero-order valence-electron chi connectivity index (χ0n) is 14.4. The second-order valence-corrected chi connectivity index (χ2v) is 9.53. The van der Waals surface area contributed by atoms with Crippen LogP contribution in [0, 0.1) is 0 Å². The molecule has 0 spiro atoms. The molecule has 1 unspecified atom stereocenters. The summed E-state index contributed by atoms with van der Waals surface area (Å²) in [6, 6.07) is 33.6. The Kier molecular flexibility index (Phi) is 6.46. The summed E-state index contributed by atoms with van der Waals surface area (Å²) in [5.41, 5.74) is 2.55. The van der Waals surface area contributed by atoms with Gasteiger partial charge in [-0.1, -0.05) is 97.1 Å². The van der Waals surface area contributed by atoms with E-state index >= 15 is 0 Å². The molecule has 27 heavy (non-hydrogen) atoms. The zero-order valence-corrected chi connectivity index (χ0v) is 16.9. The van der Waals surface area contributed by atoms with Crippen LogP contribution < -0.4 is 4.52 Å². The first-order valence-corrected chi connectivity index (χ1v) is 11.9. The van der Waals surface area contributed by atoms with Gasteiger partial charge in [0.05, 0.1) is 15.5 Å². The molecule has 4 aromatic carbocycles. The Hall–Kier alpha value is -2.39. The molecule has 4 rings (SSSR count). The van der Waals surface area contributed by atoms with E-state index in [0.29, 0.717) is 5.75 Å². The van der Waals surface area contributed by atoms with Gasteiger partial charge < -0.3 is 9.42 Å². The van der Waals surface area contributed by atoms with Crippen molar-refractivity contribution >= 4 is 32.6 Å². The van der Waals surface area contributed by atoms with Crippen molar-refractivity contribution in [2.45, 2.75) is 0 Å². The summed E-state index contributed by atoms with van der Waals surface area (Å²) in [5, 5.41) is 1.78. The van der Waals surface area contributed by atoms with Crippen LogP contribution in [0.3, 0.4) is 0 Å². The number of benzene rings is 4. The first-order valence-electron chi connectivity index (χ1n) is 8.33. The fourth-order valence-electron chi connectivity index (χ4n) is 2.66. The highest BCUT2D eigenvalue weighted by molar-refractivity contribution is 9.39. The van der Waals surface area contributed by atoms with Crippen LogP contribution in [0.25, 0.3) is 21.9 Å². The lowest BCUT2D eigenvalue weighted by Gasteiger charge is -2.09. The molecule has 0 aliphatic carbocycles. The first kappa shape index (κ1) is 19.4. The van der Waals surface area contributed by atoms with Crippen molar-refractivity contribution in [3.63, 3.8) is 0 Å². The van der Waals surface area contributed by atoms with Gasteiger partial charge in [0.1, 0.15) is 5.75 Å². The molecule has 0 heterocycles. The topological polar surface area (TPSA) is 46.5 Å². The van der Waals surface area contributed by atoms with Crippen LogP contribution in [0.5, 0.6) is 5.75 Å². The molecule has 0 aliphatic rings. The van der Waals surface area contributed by atoms with Crippen molar-refractivity contribution in [2.75, 3.05) is 0 Å². The molecule has 4 aromatic rings. The number of rotatable bonds is 3. The van der Waals surface area contributed by atoms with Gasteiger partial charge >= 0.3 is 6.30 Å². The van der Waals surface area contributed by atoms with Gasteiger partial charge in [-0.2, -0.15) is 0 Å². The molecule has 0 fully saturated rings. The van der Waals surface area contributed by atoms with Crippen LogP contribution in [0.2, 0.25) is 0 Å². The Morgan fingerprint density at radius 2 is 1.15 bits per heavy atom. The second kappa shape index (κ2) is 9.01. The van der Waals surface area contributed by atoms with E-state index in [9.17, 15) is 4.57 Å². The molecular weight excluding hydrogens is 423 g/mol. The summed E-state index contributed by atoms with van der Waals surface area (Å²) in [7, 11) is 0. The van der Waals surface area contributed by atoms with E-state index in [1.165, 1.54) is 11.1 Å². The molecule has 0 aliphatic heterocycles. The quantitative estimate of drug-likeness (QED) is 0.346. The largest absolute Gasteiger partial charge is 0.444 e. The molecule has 0 saturated heterocycles. The molecule has 136 valence electrons. The van der Waals surface area contributed by atoms with Crippen molar-refractivity contribution < 1.29 is 14.0 Å². The van der Waals surface area contributed by atoms with Gasteiger partial charge in [0.25, 0.3) is 0 Å². The van der Waals surface area contributed by atoms with Crippen molar-refractivity contribution in [3.8, 4) is 16.9 Å². The monoisotopic (exact) mass is 440 g/mol. The van der Waals surface area contributed by atoms with Crippen LogP contribution in [0.15, 0.2) is 103 Å². The molecule has 0 amide bonds. The van der Waals surface area contributed by atoms with E-state index in [-0.39, 0.29) is 0 Å². The standard InChI is InChI=1S/C12H10.C10H8BrO3P/c1-3-7-11(8-4-1)12-9-5-2-6-10-12;11-15(12,13)14-10-7-3-5-8-4-1-2-6-9(8)10/h1-10H;1-7H,(H,12,13). The SMILES string of the molecule is O=P(O)(Br)Oc1cccc2ccccc12.c1ccc(-c2ccccc2)cc1. The maximum atomic E-state index is 11.1. The normalized spacial score (nSPS) is 12.5. The number of hydrogen-bond donors (Lipinski definition) is 1. The van der Waals surface area contributed by atoms with Gasteiger partial charge in [-0.15, -0.1) is 0 Å². The van der Waals surface area contributed by atoms with Gasteiger partial charge in [-0.3, -0.25) is 0 Å². The minimum absolute atomic E-state index is 0.399. The summed E-state index contributed by atoms with van der Waals surface area (Å²) >= 11 is 2.59. The van der Waals surface area contributed by atoms with Gasteiger partial charge in [0.15, 0.2) is 0 Å². The molecule has 3 nitrogen and oxygen atoms in total. The molecule has 0 aromatic heterocycles. The van der Waals surface area contributed by atoms with Crippen LogP contribution in [-0.2, 0) is 4.57 Å². The number of halogens is 1. The first-order chi connectivity index (χ1) is 13.0. The number of fused-ring (bicyclic) bond motifs is 1. The lowest BCUT2D eigenvalue weighted by Crippen LogP contribution is -1.86. The minimum Gasteiger partial charge on any atom is -0.416 e. The van der Waals surface area contributed by atoms with Crippen molar-refractivity contribution in [2.24, 2.45) is 0 Å². The molecule has 0 saturated carbocycles. The lowest BCUT2D eigenvalue weighted by molar-refractivity contribution is 0.406. The van der Waals surface area contributed by atoms with Crippen LogP contribution in [-0.4, -0.2) is 4.89 Å².